The van der Waals surface area contributed by atoms with Crippen LogP contribution >= 0.6 is 0 Å². The monoisotopic (exact) mass is 165 g/mol. The minimum Gasteiger partial charge on any atom is -0.328 e. The second-order valence-corrected chi connectivity index (χ2v) is 2.99. The summed E-state index contributed by atoms with van der Waals surface area (Å²) in [6.07, 6.45) is 2.60. The average Bonchev–Trinajstić information content (AvgIpc) is 2.04. The van der Waals surface area contributed by atoms with E-state index in [1.165, 1.54) is 0 Å². The molecule has 0 saturated heterocycles. The second kappa shape index (κ2) is 4.18. The Morgan fingerprint density at radius 3 is 2.92 bits per heavy atom. The zero-order valence-electron chi connectivity index (χ0n) is 7.33. The van der Waals surface area contributed by atoms with E-state index < -0.39 is 0 Å². The molecule has 0 saturated carbocycles. The molecule has 0 fully saturated rings. The number of hydrogen-bond donors (Lipinski definition) is 2. The Morgan fingerprint density at radius 1 is 1.58 bits per heavy atom. The summed E-state index contributed by atoms with van der Waals surface area (Å²) in [6, 6.07) is 4.11. The van der Waals surface area contributed by atoms with E-state index in [-0.39, 0.29) is 6.04 Å². The summed E-state index contributed by atoms with van der Waals surface area (Å²) in [6.45, 7) is 2.47. The van der Waals surface area contributed by atoms with Gasteiger partial charge in [0.05, 0.1) is 5.69 Å². The maximum Gasteiger partial charge on any atom is 0.0571 e. The van der Waals surface area contributed by atoms with Gasteiger partial charge in [-0.1, -0.05) is 6.07 Å². The van der Waals surface area contributed by atoms with Gasteiger partial charge in [-0.05, 0) is 25.0 Å². The number of nitrogens with two attached hydrogens (primary N) is 2. The molecule has 1 aromatic rings. The first kappa shape index (κ1) is 9.16. The van der Waals surface area contributed by atoms with Gasteiger partial charge in [0.25, 0.3) is 0 Å². The van der Waals surface area contributed by atoms with E-state index in [1.54, 1.807) is 6.20 Å². The van der Waals surface area contributed by atoms with Gasteiger partial charge in [-0.15, -0.1) is 0 Å². The minimum absolute atomic E-state index is 0.166. The van der Waals surface area contributed by atoms with Crippen molar-refractivity contribution in [1.82, 2.24) is 4.98 Å². The molecule has 66 valence electrons. The summed E-state index contributed by atoms with van der Waals surface area (Å²) in [4.78, 5) is 4.17. The van der Waals surface area contributed by atoms with Crippen LogP contribution in [-0.4, -0.2) is 11.0 Å². The van der Waals surface area contributed by atoms with Gasteiger partial charge in [-0.3, -0.25) is 4.98 Å². The molecule has 12 heavy (non-hydrogen) atoms. The van der Waals surface area contributed by atoms with E-state index in [1.807, 2.05) is 19.1 Å². The van der Waals surface area contributed by atoms with Crippen LogP contribution in [0.15, 0.2) is 18.3 Å². The van der Waals surface area contributed by atoms with Crippen LogP contribution in [-0.2, 0) is 13.0 Å². The van der Waals surface area contributed by atoms with Gasteiger partial charge in [0.1, 0.15) is 0 Å². The van der Waals surface area contributed by atoms with Gasteiger partial charge in [0, 0.05) is 18.8 Å². The maximum atomic E-state index is 5.68. The molecule has 4 N–H and O–H groups in total. The number of pyridine rings is 1. The Labute approximate surface area is 72.8 Å². The molecule has 0 aliphatic rings. The van der Waals surface area contributed by atoms with Crippen LogP contribution in [0.25, 0.3) is 0 Å². The van der Waals surface area contributed by atoms with Crippen molar-refractivity contribution in [2.45, 2.75) is 25.9 Å². The first-order valence-corrected chi connectivity index (χ1v) is 4.12. The number of aromatic nitrogens is 1. The summed E-state index contributed by atoms with van der Waals surface area (Å²) in [5.74, 6) is 0. The highest BCUT2D eigenvalue weighted by Gasteiger charge is 2.02. The fourth-order valence-corrected chi connectivity index (χ4v) is 1.19. The van der Waals surface area contributed by atoms with Crippen LogP contribution in [0, 0.1) is 0 Å². The van der Waals surface area contributed by atoms with Crippen LogP contribution in [0.3, 0.4) is 0 Å². The quantitative estimate of drug-likeness (QED) is 0.682. The molecule has 0 bridgehead atoms. The molecule has 0 aliphatic heterocycles. The highest BCUT2D eigenvalue weighted by Crippen LogP contribution is 2.06. The molecular formula is C9H15N3. The van der Waals surface area contributed by atoms with Crippen LogP contribution in [0.1, 0.15) is 18.2 Å². The van der Waals surface area contributed by atoms with Crippen LogP contribution in [0.4, 0.5) is 0 Å². The molecule has 0 aromatic carbocycles. The van der Waals surface area contributed by atoms with Crippen molar-refractivity contribution in [3.63, 3.8) is 0 Å². The first-order chi connectivity index (χ1) is 5.74. The van der Waals surface area contributed by atoms with Gasteiger partial charge in [0.2, 0.25) is 0 Å². The molecule has 3 heteroatoms. The maximum absolute atomic E-state index is 5.68. The third kappa shape index (κ3) is 2.29. The van der Waals surface area contributed by atoms with Crippen molar-refractivity contribution in [1.29, 1.82) is 0 Å². The van der Waals surface area contributed by atoms with Gasteiger partial charge in [-0.25, -0.2) is 0 Å². The Morgan fingerprint density at radius 2 is 2.33 bits per heavy atom. The molecule has 3 nitrogen and oxygen atoms in total. The van der Waals surface area contributed by atoms with Crippen molar-refractivity contribution in [3.05, 3.63) is 29.6 Å². The number of rotatable bonds is 3. The summed E-state index contributed by atoms with van der Waals surface area (Å²) in [5.41, 5.74) is 13.3. The lowest BCUT2D eigenvalue weighted by molar-refractivity contribution is 0.725. The van der Waals surface area contributed by atoms with E-state index in [4.69, 9.17) is 11.5 Å². The topological polar surface area (TPSA) is 64.9 Å². The molecule has 1 heterocycles. The Kier molecular flexibility index (Phi) is 3.19. The zero-order valence-corrected chi connectivity index (χ0v) is 7.33. The van der Waals surface area contributed by atoms with Gasteiger partial charge >= 0.3 is 0 Å². The summed E-state index contributed by atoms with van der Waals surface area (Å²) in [7, 11) is 0. The number of nitrogens with zero attached hydrogens (tertiary/aromatic N) is 1. The highest BCUT2D eigenvalue weighted by molar-refractivity contribution is 5.20. The molecule has 0 radical (unpaired) electrons. The van der Waals surface area contributed by atoms with Crippen LogP contribution in [0.2, 0.25) is 0 Å². The van der Waals surface area contributed by atoms with Gasteiger partial charge in [0.15, 0.2) is 0 Å². The van der Waals surface area contributed by atoms with E-state index >= 15 is 0 Å². The van der Waals surface area contributed by atoms with Crippen molar-refractivity contribution in [2.24, 2.45) is 11.5 Å². The van der Waals surface area contributed by atoms with Crippen molar-refractivity contribution >= 4 is 0 Å². The smallest absolute Gasteiger partial charge is 0.0571 e. The third-order valence-electron chi connectivity index (χ3n) is 1.72. The van der Waals surface area contributed by atoms with E-state index in [2.05, 4.69) is 4.98 Å². The summed E-state index contributed by atoms with van der Waals surface area (Å²) in [5, 5.41) is 0. The SMILES string of the molecule is CC(N)Cc1cccnc1CN. The molecular weight excluding hydrogens is 150 g/mol. The fraction of sp³-hybridized carbons (Fsp3) is 0.444. The Hall–Kier alpha value is -0.930. The average molecular weight is 165 g/mol. The molecule has 0 spiro atoms. The standard InChI is InChI=1S/C9H15N3/c1-7(11)5-8-3-2-4-12-9(8)6-10/h2-4,7H,5-6,10-11H2,1H3. The summed E-state index contributed by atoms with van der Waals surface area (Å²) >= 11 is 0. The highest BCUT2D eigenvalue weighted by atomic mass is 14.7. The molecule has 1 atom stereocenters. The predicted molar refractivity (Wildman–Crippen MR) is 49.5 cm³/mol. The lowest BCUT2D eigenvalue weighted by Crippen LogP contribution is -2.19. The third-order valence-corrected chi connectivity index (χ3v) is 1.72. The normalized spacial score (nSPS) is 12.9. The van der Waals surface area contributed by atoms with E-state index in [0.29, 0.717) is 6.54 Å². The molecule has 1 aromatic heterocycles. The molecule has 1 unspecified atom stereocenters. The van der Waals surface area contributed by atoms with Crippen molar-refractivity contribution < 1.29 is 0 Å². The summed E-state index contributed by atoms with van der Waals surface area (Å²) < 4.78 is 0. The van der Waals surface area contributed by atoms with E-state index in [9.17, 15) is 0 Å². The second-order valence-electron chi connectivity index (χ2n) is 2.99. The lowest BCUT2D eigenvalue weighted by atomic mass is 10.1. The first-order valence-electron chi connectivity index (χ1n) is 4.12. The lowest BCUT2D eigenvalue weighted by Gasteiger charge is -2.08. The van der Waals surface area contributed by atoms with Crippen LogP contribution in [0.5, 0.6) is 0 Å². The van der Waals surface area contributed by atoms with Crippen molar-refractivity contribution in [2.75, 3.05) is 0 Å². The predicted octanol–water partition coefficient (Wildman–Crippen LogP) is 0.430. The molecule has 0 aliphatic carbocycles. The molecule has 0 amide bonds. The van der Waals surface area contributed by atoms with Gasteiger partial charge in [-0.2, -0.15) is 0 Å². The zero-order chi connectivity index (χ0) is 8.97. The van der Waals surface area contributed by atoms with Gasteiger partial charge < -0.3 is 11.5 Å². The fourth-order valence-electron chi connectivity index (χ4n) is 1.19. The Balaban J connectivity index is 2.82. The number of hydrogen-bond acceptors (Lipinski definition) is 3. The minimum atomic E-state index is 0.166. The van der Waals surface area contributed by atoms with Crippen molar-refractivity contribution in [3.8, 4) is 0 Å². The van der Waals surface area contributed by atoms with E-state index in [0.717, 1.165) is 17.7 Å². The largest absolute Gasteiger partial charge is 0.328 e. The molecule has 1 rings (SSSR count). The van der Waals surface area contributed by atoms with Crippen LogP contribution < -0.4 is 11.5 Å². The Bertz CT molecular complexity index is 245.